The quantitative estimate of drug-likeness (QED) is 0.914. The van der Waals surface area contributed by atoms with Crippen LogP contribution in [0, 0.1) is 13.8 Å². The Bertz CT molecular complexity index is 618. The van der Waals surface area contributed by atoms with Crippen LogP contribution in [0.1, 0.15) is 34.4 Å². The van der Waals surface area contributed by atoms with Crippen LogP contribution in [0.4, 0.5) is 0 Å². The average molecular weight is 286 g/mol. The molecule has 1 atom stereocenters. The molecule has 0 aliphatic rings. The predicted molar refractivity (Wildman–Crippen MR) is 78.1 cm³/mol. The molecule has 0 fully saturated rings. The highest BCUT2D eigenvalue weighted by Crippen LogP contribution is 2.24. The molecule has 0 saturated carbocycles. The molecule has 0 aliphatic carbocycles. The Labute approximate surface area is 123 Å². The van der Waals surface area contributed by atoms with E-state index >= 15 is 0 Å². The van der Waals surface area contributed by atoms with Crippen LogP contribution in [0.3, 0.4) is 0 Å². The third kappa shape index (κ3) is 3.44. The van der Waals surface area contributed by atoms with Crippen molar-refractivity contribution < 1.29 is 14.6 Å². The molecule has 0 radical (unpaired) electrons. The Hall–Kier alpha value is -2.27. The molecule has 1 aromatic heterocycles. The van der Waals surface area contributed by atoms with E-state index in [2.05, 4.69) is 9.97 Å². The van der Waals surface area contributed by atoms with Crippen LogP contribution >= 0.6 is 0 Å². The van der Waals surface area contributed by atoms with Crippen molar-refractivity contribution in [1.29, 1.82) is 0 Å². The van der Waals surface area contributed by atoms with Gasteiger partial charge in [0.25, 0.3) is 0 Å². The lowest BCUT2D eigenvalue weighted by Crippen LogP contribution is -2.14. The summed E-state index contributed by atoms with van der Waals surface area (Å²) >= 11 is 0. The molecule has 110 valence electrons. The first-order valence-electron chi connectivity index (χ1n) is 6.66. The SMILES string of the molecule is COC(c1ccccc1)c1nc(C)c(CC(=O)O)c(C)n1. The molecule has 0 saturated heterocycles. The molecular formula is C16H18N2O3. The molecule has 1 heterocycles. The van der Waals surface area contributed by atoms with E-state index in [0.717, 1.165) is 5.56 Å². The predicted octanol–water partition coefficient (Wildman–Crippen LogP) is 2.46. The van der Waals surface area contributed by atoms with Gasteiger partial charge in [-0.3, -0.25) is 4.79 Å². The van der Waals surface area contributed by atoms with Crippen molar-refractivity contribution in [2.24, 2.45) is 0 Å². The number of carboxylic acid groups (broad SMARTS) is 1. The highest BCUT2D eigenvalue weighted by molar-refractivity contribution is 5.70. The average Bonchev–Trinajstić information content (AvgIpc) is 2.45. The number of nitrogens with zero attached hydrogens (tertiary/aromatic N) is 2. The highest BCUT2D eigenvalue weighted by Gasteiger charge is 2.19. The third-order valence-electron chi connectivity index (χ3n) is 3.34. The molecule has 0 amide bonds. The Kier molecular flexibility index (Phi) is 4.65. The minimum absolute atomic E-state index is 0.0685. The molecule has 5 heteroatoms. The van der Waals surface area contributed by atoms with Gasteiger partial charge in [-0.2, -0.15) is 0 Å². The molecule has 2 rings (SSSR count). The molecule has 5 nitrogen and oxygen atoms in total. The summed E-state index contributed by atoms with van der Waals surface area (Å²) in [5.41, 5.74) is 2.98. The zero-order valence-electron chi connectivity index (χ0n) is 12.3. The zero-order valence-corrected chi connectivity index (χ0v) is 12.3. The van der Waals surface area contributed by atoms with Gasteiger partial charge in [-0.25, -0.2) is 9.97 Å². The number of carbonyl (C=O) groups is 1. The first-order valence-corrected chi connectivity index (χ1v) is 6.66. The topological polar surface area (TPSA) is 72.3 Å². The maximum absolute atomic E-state index is 10.9. The number of aryl methyl sites for hydroxylation is 2. The van der Waals surface area contributed by atoms with Crippen molar-refractivity contribution in [1.82, 2.24) is 9.97 Å². The van der Waals surface area contributed by atoms with Crippen LogP contribution in [-0.4, -0.2) is 28.2 Å². The van der Waals surface area contributed by atoms with Crippen LogP contribution in [0.15, 0.2) is 30.3 Å². The Morgan fingerprint density at radius 1 is 1.19 bits per heavy atom. The van der Waals surface area contributed by atoms with Crippen LogP contribution in [0.25, 0.3) is 0 Å². The first kappa shape index (κ1) is 15.1. The van der Waals surface area contributed by atoms with Crippen LogP contribution in [-0.2, 0) is 16.0 Å². The smallest absolute Gasteiger partial charge is 0.307 e. The number of rotatable bonds is 5. The molecular weight excluding hydrogens is 268 g/mol. The van der Waals surface area contributed by atoms with Gasteiger partial charge in [0.2, 0.25) is 0 Å². The molecule has 0 aliphatic heterocycles. The summed E-state index contributed by atoms with van der Waals surface area (Å²) in [6.07, 6.45) is -0.427. The number of aliphatic carboxylic acids is 1. The second kappa shape index (κ2) is 6.45. The van der Waals surface area contributed by atoms with E-state index in [1.807, 2.05) is 30.3 Å². The van der Waals surface area contributed by atoms with Crippen molar-refractivity contribution in [3.8, 4) is 0 Å². The summed E-state index contributed by atoms with van der Waals surface area (Å²) in [5.74, 6) is -0.336. The Balaban J connectivity index is 2.42. The number of carboxylic acids is 1. The normalized spacial score (nSPS) is 12.1. The van der Waals surface area contributed by atoms with Gasteiger partial charge >= 0.3 is 5.97 Å². The monoisotopic (exact) mass is 286 g/mol. The maximum Gasteiger partial charge on any atom is 0.307 e. The summed E-state index contributed by atoms with van der Waals surface area (Å²) in [7, 11) is 1.61. The molecule has 1 N–H and O–H groups in total. The standard InChI is InChI=1S/C16H18N2O3/c1-10-13(9-14(19)20)11(2)18-16(17-10)15(21-3)12-7-5-4-6-8-12/h4-8,15H,9H2,1-3H3,(H,19,20). The van der Waals surface area contributed by atoms with Gasteiger partial charge in [-0.15, -0.1) is 0 Å². The molecule has 1 aromatic carbocycles. The molecule has 21 heavy (non-hydrogen) atoms. The fourth-order valence-electron chi connectivity index (χ4n) is 2.31. The van der Waals surface area contributed by atoms with Gasteiger partial charge in [-0.1, -0.05) is 30.3 Å². The Morgan fingerprint density at radius 3 is 2.24 bits per heavy atom. The molecule has 0 bridgehead atoms. The molecule has 2 aromatic rings. The summed E-state index contributed by atoms with van der Waals surface area (Å²) in [4.78, 5) is 19.8. The summed E-state index contributed by atoms with van der Waals surface area (Å²) in [6, 6.07) is 9.70. The van der Waals surface area contributed by atoms with Gasteiger partial charge in [0.1, 0.15) is 6.10 Å². The maximum atomic E-state index is 10.9. The van der Waals surface area contributed by atoms with E-state index < -0.39 is 5.97 Å². The van der Waals surface area contributed by atoms with E-state index in [4.69, 9.17) is 9.84 Å². The summed E-state index contributed by atoms with van der Waals surface area (Å²) in [5, 5.41) is 8.94. The van der Waals surface area contributed by atoms with Crippen molar-refractivity contribution in [2.45, 2.75) is 26.4 Å². The van der Waals surface area contributed by atoms with E-state index in [9.17, 15) is 4.79 Å². The number of benzene rings is 1. The van der Waals surface area contributed by atoms with Gasteiger partial charge in [0.05, 0.1) is 6.42 Å². The van der Waals surface area contributed by atoms with E-state index in [-0.39, 0.29) is 12.5 Å². The second-order valence-electron chi connectivity index (χ2n) is 4.83. The second-order valence-corrected chi connectivity index (χ2v) is 4.83. The van der Waals surface area contributed by atoms with Crippen molar-refractivity contribution in [3.63, 3.8) is 0 Å². The molecule has 1 unspecified atom stereocenters. The van der Waals surface area contributed by atoms with Crippen LogP contribution < -0.4 is 0 Å². The lowest BCUT2D eigenvalue weighted by Gasteiger charge is -2.17. The number of methoxy groups -OCH3 is 1. The lowest BCUT2D eigenvalue weighted by atomic mass is 10.1. The van der Waals surface area contributed by atoms with E-state index in [1.54, 1.807) is 21.0 Å². The highest BCUT2D eigenvalue weighted by atomic mass is 16.5. The third-order valence-corrected chi connectivity index (χ3v) is 3.34. The minimum atomic E-state index is -0.885. The summed E-state index contributed by atoms with van der Waals surface area (Å²) < 4.78 is 5.51. The van der Waals surface area contributed by atoms with Crippen LogP contribution in [0.5, 0.6) is 0 Å². The van der Waals surface area contributed by atoms with Crippen molar-refractivity contribution in [3.05, 3.63) is 58.7 Å². The zero-order chi connectivity index (χ0) is 15.4. The van der Waals surface area contributed by atoms with Gasteiger partial charge in [-0.05, 0) is 19.4 Å². The number of hydrogen-bond donors (Lipinski definition) is 1. The number of ether oxygens (including phenoxy) is 1. The minimum Gasteiger partial charge on any atom is -0.481 e. The molecule has 0 spiro atoms. The Morgan fingerprint density at radius 2 is 1.76 bits per heavy atom. The fraction of sp³-hybridized carbons (Fsp3) is 0.312. The summed E-state index contributed by atoms with van der Waals surface area (Å²) in [6.45, 7) is 3.60. The van der Waals surface area contributed by atoms with Gasteiger partial charge < -0.3 is 9.84 Å². The van der Waals surface area contributed by atoms with Gasteiger partial charge in [0, 0.05) is 24.1 Å². The lowest BCUT2D eigenvalue weighted by molar-refractivity contribution is -0.136. The largest absolute Gasteiger partial charge is 0.481 e. The first-order chi connectivity index (χ1) is 10.0. The van der Waals surface area contributed by atoms with E-state index in [1.165, 1.54) is 0 Å². The van der Waals surface area contributed by atoms with Gasteiger partial charge in [0.15, 0.2) is 5.82 Å². The number of aromatic nitrogens is 2. The van der Waals surface area contributed by atoms with Crippen LogP contribution in [0.2, 0.25) is 0 Å². The van der Waals surface area contributed by atoms with Crippen molar-refractivity contribution >= 4 is 5.97 Å². The van der Waals surface area contributed by atoms with Crippen molar-refractivity contribution in [2.75, 3.05) is 7.11 Å². The number of hydrogen-bond acceptors (Lipinski definition) is 4. The fourth-order valence-corrected chi connectivity index (χ4v) is 2.31. The van der Waals surface area contributed by atoms with E-state index in [0.29, 0.717) is 22.8 Å².